The molecule has 4 rings (SSSR count). The number of methoxy groups -OCH3 is 3. The van der Waals surface area contributed by atoms with E-state index in [0.29, 0.717) is 5.75 Å². The van der Waals surface area contributed by atoms with Crippen LogP contribution < -0.4 is 38.2 Å². The summed E-state index contributed by atoms with van der Waals surface area (Å²) in [5.74, 6) is 2.22. The van der Waals surface area contributed by atoms with Crippen molar-refractivity contribution in [2.24, 2.45) is 0 Å². The molecule has 30 heavy (non-hydrogen) atoms. The highest BCUT2D eigenvalue weighted by molar-refractivity contribution is 5.83. The Hall–Kier alpha value is -1.99. The number of likely N-dealkylation sites (N-methyl/N-ethyl adjacent to an activating group) is 1. The fourth-order valence-corrected chi connectivity index (χ4v) is 4.65. The Bertz CT molecular complexity index is 1050. The summed E-state index contributed by atoms with van der Waals surface area (Å²) in [6.45, 7) is 1.07. The maximum Gasteiger partial charge on any atom is 0.203 e. The summed E-state index contributed by atoms with van der Waals surface area (Å²) < 4.78 is 18.1. The van der Waals surface area contributed by atoms with Crippen molar-refractivity contribution in [3.63, 3.8) is 0 Å². The Morgan fingerprint density at radius 3 is 2.23 bits per heavy atom. The second-order valence-corrected chi connectivity index (χ2v) is 8.37. The van der Waals surface area contributed by atoms with Gasteiger partial charge in [-0.05, 0) is 28.0 Å². The lowest BCUT2D eigenvalue weighted by Gasteiger charge is -2.43. The monoisotopic (exact) mass is 519 g/mol. The van der Waals surface area contributed by atoms with E-state index < -0.39 is 0 Å². The summed E-state index contributed by atoms with van der Waals surface area (Å²) in [7, 11) is 9.70. The number of ether oxygens (including phenoxy) is 3. The molecule has 0 aromatic heterocycles. The largest absolute Gasteiger partial charge is 1.00 e. The van der Waals surface area contributed by atoms with Crippen LogP contribution in [0.2, 0.25) is 0 Å². The van der Waals surface area contributed by atoms with Crippen LogP contribution in [0.4, 0.5) is 0 Å². The van der Waals surface area contributed by atoms with E-state index in [-0.39, 0.29) is 30.0 Å². The molecule has 1 aliphatic heterocycles. The van der Waals surface area contributed by atoms with Crippen LogP contribution in [-0.4, -0.2) is 46.5 Å². The molecule has 5 heteroatoms. The Labute approximate surface area is 196 Å². The first kappa shape index (κ1) is 22.7. The quantitative estimate of drug-likeness (QED) is 0.380. The first-order valence-electron chi connectivity index (χ1n) is 10.1. The zero-order chi connectivity index (χ0) is 20.6. The molecule has 0 spiro atoms. The van der Waals surface area contributed by atoms with E-state index in [1.165, 1.54) is 27.5 Å². The number of nitrogens with zero attached hydrogens (tertiary/aromatic N) is 1. The summed E-state index contributed by atoms with van der Waals surface area (Å²) >= 11 is 0. The Balaban J connectivity index is 0.00000256. The topological polar surface area (TPSA) is 27.7 Å². The lowest BCUT2D eigenvalue weighted by molar-refractivity contribution is -0.923. The lowest BCUT2D eigenvalue weighted by atomic mass is 9.85. The average Bonchev–Trinajstić information content (AvgIpc) is 2.74. The number of halogens is 1. The third-order valence-electron chi connectivity index (χ3n) is 6.33. The lowest BCUT2D eigenvalue weighted by Crippen LogP contribution is -3.00. The Morgan fingerprint density at radius 2 is 1.57 bits per heavy atom. The second kappa shape index (κ2) is 9.02. The highest BCUT2D eigenvalue weighted by Gasteiger charge is 2.40. The van der Waals surface area contributed by atoms with Crippen LogP contribution in [0.3, 0.4) is 0 Å². The van der Waals surface area contributed by atoms with E-state index in [1.807, 2.05) is 0 Å². The molecule has 3 aromatic carbocycles. The molecular formula is C25H30INO3. The molecule has 0 bridgehead atoms. The molecular weight excluding hydrogens is 489 g/mol. The van der Waals surface area contributed by atoms with Gasteiger partial charge < -0.3 is 42.7 Å². The van der Waals surface area contributed by atoms with Gasteiger partial charge in [0.15, 0.2) is 11.5 Å². The van der Waals surface area contributed by atoms with Gasteiger partial charge in [-0.25, -0.2) is 0 Å². The van der Waals surface area contributed by atoms with Gasteiger partial charge in [-0.2, -0.15) is 0 Å². The molecule has 0 N–H and O–H groups in total. The molecule has 1 heterocycles. The van der Waals surface area contributed by atoms with E-state index in [4.69, 9.17) is 14.2 Å². The Morgan fingerprint density at radius 1 is 0.867 bits per heavy atom. The zero-order valence-corrected chi connectivity index (χ0v) is 20.5. The molecule has 1 atom stereocenters. The normalized spacial score (nSPS) is 17.0. The van der Waals surface area contributed by atoms with Crippen molar-refractivity contribution in [2.45, 2.75) is 18.9 Å². The minimum Gasteiger partial charge on any atom is -1.00 e. The fraction of sp³-hybridized carbons (Fsp3) is 0.360. The summed E-state index contributed by atoms with van der Waals surface area (Å²) in [5, 5.41) is 2.56. The van der Waals surface area contributed by atoms with Gasteiger partial charge in [0.25, 0.3) is 0 Å². The molecule has 0 saturated heterocycles. The predicted octanol–water partition coefficient (Wildman–Crippen LogP) is 1.79. The number of quaternary nitrogens is 1. The van der Waals surface area contributed by atoms with Crippen LogP contribution in [0.15, 0.2) is 48.5 Å². The van der Waals surface area contributed by atoms with Crippen molar-refractivity contribution in [3.05, 3.63) is 65.2 Å². The Kier molecular flexibility index (Phi) is 6.82. The highest BCUT2D eigenvalue weighted by Crippen LogP contribution is 2.49. The van der Waals surface area contributed by atoms with Crippen LogP contribution in [-0.2, 0) is 12.8 Å². The zero-order valence-electron chi connectivity index (χ0n) is 18.4. The third-order valence-corrected chi connectivity index (χ3v) is 6.33. The van der Waals surface area contributed by atoms with Crippen LogP contribution in [0.1, 0.15) is 22.7 Å². The van der Waals surface area contributed by atoms with Gasteiger partial charge in [-0.3, -0.25) is 0 Å². The second-order valence-electron chi connectivity index (χ2n) is 8.37. The summed E-state index contributed by atoms with van der Waals surface area (Å²) in [6, 6.07) is 17.7. The van der Waals surface area contributed by atoms with Crippen LogP contribution in [0.5, 0.6) is 17.2 Å². The molecule has 0 amide bonds. The van der Waals surface area contributed by atoms with Gasteiger partial charge in [0.05, 0.1) is 47.5 Å². The summed E-state index contributed by atoms with van der Waals surface area (Å²) in [5.41, 5.74) is 3.88. The molecule has 0 aliphatic carbocycles. The maximum absolute atomic E-state index is 5.89. The van der Waals surface area contributed by atoms with E-state index in [1.54, 1.807) is 21.3 Å². The van der Waals surface area contributed by atoms with Crippen molar-refractivity contribution in [2.75, 3.05) is 42.0 Å². The average molecular weight is 519 g/mol. The van der Waals surface area contributed by atoms with Crippen molar-refractivity contribution >= 4 is 10.8 Å². The molecule has 160 valence electrons. The predicted molar refractivity (Wildman–Crippen MR) is 117 cm³/mol. The highest BCUT2D eigenvalue weighted by atomic mass is 127. The molecule has 0 radical (unpaired) electrons. The summed E-state index contributed by atoms with van der Waals surface area (Å²) in [6.07, 6.45) is 1.93. The third kappa shape index (κ3) is 3.97. The smallest absolute Gasteiger partial charge is 0.203 e. The van der Waals surface area contributed by atoms with Gasteiger partial charge >= 0.3 is 0 Å². The SMILES string of the molecule is COc1cc2c(c(OC)c1OC)C(Cc1ccc3ccccc3c1)[N+](C)(C)CC2.[I-]. The van der Waals surface area contributed by atoms with E-state index in [0.717, 1.165) is 35.4 Å². The maximum atomic E-state index is 5.89. The van der Waals surface area contributed by atoms with Gasteiger partial charge in [0.2, 0.25) is 5.75 Å². The number of fused-ring (bicyclic) bond motifs is 2. The van der Waals surface area contributed by atoms with Crippen LogP contribution in [0.25, 0.3) is 10.8 Å². The van der Waals surface area contributed by atoms with Crippen LogP contribution in [0, 0.1) is 0 Å². The number of hydrogen-bond acceptors (Lipinski definition) is 3. The first-order valence-corrected chi connectivity index (χ1v) is 10.1. The van der Waals surface area contributed by atoms with Crippen molar-refractivity contribution < 1.29 is 42.7 Å². The van der Waals surface area contributed by atoms with Crippen LogP contribution >= 0.6 is 0 Å². The molecule has 0 saturated carbocycles. The van der Waals surface area contributed by atoms with Crippen molar-refractivity contribution in [3.8, 4) is 17.2 Å². The van der Waals surface area contributed by atoms with Gasteiger partial charge in [-0.1, -0.05) is 42.5 Å². The van der Waals surface area contributed by atoms with E-state index >= 15 is 0 Å². The fourth-order valence-electron chi connectivity index (χ4n) is 4.65. The minimum atomic E-state index is 0. The number of rotatable bonds is 5. The van der Waals surface area contributed by atoms with Gasteiger partial charge in [0.1, 0.15) is 6.04 Å². The molecule has 4 nitrogen and oxygen atoms in total. The number of benzene rings is 3. The molecule has 1 unspecified atom stereocenters. The summed E-state index contributed by atoms with van der Waals surface area (Å²) in [4.78, 5) is 0. The van der Waals surface area contributed by atoms with Gasteiger partial charge in [0, 0.05) is 12.8 Å². The van der Waals surface area contributed by atoms with Gasteiger partial charge in [-0.15, -0.1) is 0 Å². The van der Waals surface area contributed by atoms with Crippen molar-refractivity contribution in [1.82, 2.24) is 0 Å². The van der Waals surface area contributed by atoms with Crippen molar-refractivity contribution in [1.29, 1.82) is 0 Å². The molecule has 1 aliphatic rings. The standard InChI is InChI=1S/C25H30NO3.HI/c1-26(2)13-12-20-16-22(27-3)24(28-4)25(29-5)23(20)21(26)15-17-10-11-18-8-6-7-9-19(18)14-17;/h6-11,14,16,21H,12-13,15H2,1-5H3;1H/q+1;/p-1. The molecule has 0 fully saturated rings. The number of hydrogen-bond donors (Lipinski definition) is 0. The first-order chi connectivity index (χ1) is 14.0. The van der Waals surface area contributed by atoms with E-state index in [9.17, 15) is 0 Å². The molecule has 3 aromatic rings. The minimum absolute atomic E-state index is 0. The van der Waals surface area contributed by atoms with E-state index in [2.05, 4.69) is 62.6 Å².